The number of hydrogen-bond donors (Lipinski definition) is 1. The molecule has 0 aromatic rings. The normalized spacial score (nSPS) is 30.0. The number of ether oxygens (including phenoxy) is 1. The first kappa shape index (κ1) is 16.2. The van der Waals surface area contributed by atoms with Gasteiger partial charge in [0.05, 0.1) is 12.7 Å². The molecule has 2 heterocycles. The Balaban J connectivity index is 1.78. The summed E-state index contributed by atoms with van der Waals surface area (Å²) in [5.74, 6) is 0. The van der Waals surface area contributed by atoms with Gasteiger partial charge in [-0.05, 0) is 46.7 Å². The first-order valence-corrected chi connectivity index (χ1v) is 8.31. The molecule has 0 spiro atoms. The lowest BCUT2D eigenvalue weighted by Crippen LogP contribution is -2.51. The van der Waals surface area contributed by atoms with Crippen LogP contribution >= 0.6 is 0 Å². The van der Waals surface area contributed by atoms with Crippen LogP contribution in [-0.2, 0) is 4.74 Å². The molecule has 2 aliphatic heterocycles. The average molecular weight is 283 g/mol. The van der Waals surface area contributed by atoms with Crippen molar-refractivity contribution in [1.82, 2.24) is 15.1 Å². The van der Waals surface area contributed by atoms with Crippen molar-refractivity contribution < 1.29 is 4.74 Å². The van der Waals surface area contributed by atoms with Crippen molar-refractivity contribution in [3.05, 3.63) is 0 Å². The summed E-state index contributed by atoms with van der Waals surface area (Å²) >= 11 is 0. The minimum Gasteiger partial charge on any atom is -0.374 e. The Labute approximate surface area is 124 Å². The fourth-order valence-electron chi connectivity index (χ4n) is 3.23. The molecule has 2 fully saturated rings. The lowest BCUT2D eigenvalue weighted by molar-refractivity contribution is -0.0434. The van der Waals surface area contributed by atoms with Crippen LogP contribution in [0.3, 0.4) is 0 Å². The van der Waals surface area contributed by atoms with E-state index in [1.807, 2.05) is 0 Å². The minimum absolute atomic E-state index is 0.217. The number of rotatable bonds is 5. The predicted octanol–water partition coefficient (Wildman–Crippen LogP) is 1.56. The van der Waals surface area contributed by atoms with Crippen LogP contribution in [0, 0.1) is 0 Å². The van der Waals surface area contributed by atoms with Gasteiger partial charge in [-0.3, -0.25) is 9.80 Å². The average Bonchev–Trinajstić information content (AvgIpc) is 2.83. The summed E-state index contributed by atoms with van der Waals surface area (Å²) in [6.07, 6.45) is 3.06. The third kappa shape index (κ3) is 4.99. The van der Waals surface area contributed by atoms with E-state index in [1.165, 1.54) is 19.4 Å². The van der Waals surface area contributed by atoms with Gasteiger partial charge in [0.15, 0.2) is 0 Å². The number of nitrogens with zero attached hydrogens (tertiary/aromatic N) is 2. The summed E-state index contributed by atoms with van der Waals surface area (Å²) in [4.78, 5) is 5.15. The topological polar surface area (TPSA) is 27.7 Å². The van der Waals surface area contributed by atoms with Gasteiger partial charge in [-0.15, -0.1) is 0 Å². The number of morpholine rings is 1. The summed E-state index contributed by atoms with van der Waals surface area (Å²) in [5, 5.41) is 3.66. The Morgan fingerprint density at radius 1 is 1.25 bits per heavy atom. The third-order valence-corrected chi connectivity index (χ3v) is 4.48. The summed E-state index contributed by atoms with van der Waals surface area (Å²) in [5.41, 5.74) is 0.217. The highest BCUT2D eigenvalue weighted by Gasteiger charge is 2.29. The zero-order valence-electron chi connectivity index (χ0n) is 13.8. The van der Waals surface area contributed by atoms with E-state index in [2.05, 4.69) is 42.8 Å². The van der Waals surface area contributed by atoms with Gasteiger partial charge in [0.2, 0.25) is 0 Å². The first-order valence-electron chi connectivity index (χ1n) is 8.31. The predicted molar refractivity (Wildman–Crippen MR) is 84.2 cm³/mol. The maximum Gasteiger partial charge on any atom is 0.0829 e. The van der Waals surface area contributed by atoms with Crippen LogP contribution in [0.25, 0.3) is 0 Å². The molecule has 2 rings (SSSR count). The lowest BCUT2D eigenvalue weighted by atomic mass is 10.1. The van der Waals surface area contributed by atoms with Crippen molar-refractivity contribution in [2.75, 3.05) is 45.9 Å². The fourth-order valence-corrected chi connectivity index (χ4v) is 3.23. The molecule has 2 saturated heterocycles. The fraction of sp³-hybridized carbons (Fsp3) is 1.00. The maximum absolute atomic E-state index is 5.96. The lowest BCUT2D eigenvalue weighted by Gasteiger charge is -2.36. The molecule has 4 nitrogen and oxygen atoms in total. The smallest absolute Gasteiger partial charge is 0.0829 e. The zero-order chi connectivity index (χ0) is 14.6. The van der Waals surface area contributed by atoms with Gasteiger partial charge in [-0.2, -0.15) is 0 Å². The van der Waals surface area contributed by atoms with Gasteiger partial charge >= 0.3 is 0 Å². The highest BCUT2D eigenvalue weighted by molar-refractivity contribution is 4.86. The van der Waals surface area contributed by atoms with Crippen molar-refractivity contribution in [1.29, 1.82) is 0 Å². The number of nitrogens with one attached hydrogen (secondary N) is 1. The van der Waals surface area contributed by atoms with Crippen LogP contribution in [-0.4, -0.2) is 73.4 Å². The Hall–Kier alpha value is -0.160. The maximum atomic E-state index is 5.96. The van der Waals surface area contributed by atoms with Crippen LogP contribution in [0.15, 0.2) is 0 Å². The molecule has 0 saturated carbocycles. The van der Waals surface area contributed by atoms with Crippen molar-refractivity contribution in [2.24, 2.45) is 0 Å². The molecule has 0 aromatic heterocycles. The number of likely N-dealkylation sites (N-methyl/N-ethyl adjacent to an activating group) is 1. The van der Waals surface area contributed by atoms with Gasteiger partial charge in [-0.25, -0.2) is 0 Å². The van der Waals surface area contributed by atoms with Gasteiger partial charge in [-0.1, -0.05) is 6.92 Å². The Morgan fingerprint density at radius 2 is 2.05 bits per heavy atom. The molecule has 20 heavy (non-hydrogen) atoms. The van der Waals surface area contributed by atoms with Crippen molar-refractivity contribution in [3.8, 4) is 0 Å². The Bertz CT molecular complexity index is 290. The summed E-state index contributed by atoms with van der Waals surface area (Å²) in [7, 11) is 0. The highest BCUT2D eigenvalue weighted by atomic mass is 16.5. The SMILES string of the molecule is CCN1CCOC(CN2CCCC2CNC(C)(C)C)C1. The molecule has 2 unspecified atom stereocenters. The molecule has 4 heteroatoms. The first-order chi connectivity index (χ1) is 9.48. The van der Waals surface area contributed by atoms with Crippen LogP contribution < -0.4 is 5.32 Å². The molecule has 0 radical (unpaired) electrons. The quantitative estimate of drug-likeness (QED) is 0.829. The third-order valence-electron chi connectivity index (χ3n) is 4.48. The van der Waals surface area contributed by atoms with Crippen molar-refractivity contribution in [3.63, 3.8) is 0 Å². The minimum atomic E-state index is 0.217. The largest absolute Gasteiger partial charge is 0.374 e. The Kier molecular flexibility index (Phi) is 5.84. The van der Waals surface area contributed by atoms with E-state index in [0.29, 0.717) is 12.1 Å². The molecule has 0 aromatic carbocycles. The molecule has 0 aliphatic carbocycles. The number of hydrogen-bond acceptors (Lipinski definition) is 4. The van der Waals surface area contributed by atoms with E-state index in [-0.39, 0.29) is 5.54 Å². The number of likely N-dealkylation sites (tertiary alicyclic amines) is 1. The second-order valence-electron chi connectivity index (χ2n) is 7.31. The molecule has 2 atom stereocenters. The van der Waals surface area contributed by atoms with Crippen molar-refractivity contribution in [2.45, 2.75) is 58.2 Å². The molecule has 0 amide bonds. The molecular formula is C16H33N3O. The molecule has 0 bridgehead atoms. The van der Waals surface area contributed by atoms with E-state index in [1.54, 1.807) is 0 Å². The summed E-state index contributed by atoms with van der Waals surface area (Å²) in [6.45, 7) is 16.7. The van der Waals surface area contributed by atoms with Gasteiger partial charge < -0.3 is 10.1 Å². The van der Waals surface area contributed by atoms with Gasteiger partial charge in [0.1, 0.15) is 0 Å². The van der Waals surface area contributed by atoms with E-state index >= 15 is 0 Å². The summed E-state index contributed by atoms with van der Waals surface area (Å²) < 4.78 is 5.96. The molecule has 1 N–H and O–H groups in total. The van der Waals surface area contributed by atoms with Gasteiger partial charge in [0.25, 0.3) is 0 Å². The van der Waals surface area contributed by atoms with Crippen LogP contribution in [0.1, 0.15) is 40.5 Å². The molecular weight excluding hydrogens is 250 g/mol. The van der Waals surface area contributed by atoms with E-state index in [9.17, 15) is 0 Å². The van der Waals surface area contributed by atoms with Gasteiger partial charge in [0, 0.05) is 37.8 Å². The monoisotopic (exact) mass is 283 g/mol. The second kappa shape index (κ2) is 7.21. The van der Waals surface area contributed by atoms with Crippen LogP contribution in [0.2, 0.25) is 0 Å². The second-order valence-corrected chi connectivity index (χ2v) is 7.31. The van der Waals surface area contributed by atoms with E-state index in [4.69, 9.17) is 4.74 Å². The van der Waals surface area contributed by atoms with Crippen LogP contribution in [0.4, 0.5) is 0 Å². The van der Waals surface area contributed by atoms with Crippen LogP contribution in [0.5, 0.6) is 0 Å². The summed E-state index contributed by atoms with van der Waals surface area (Å²) in [6, 6.07) is 0.690. The Morgan fingerprint density at radius 3 is 2.75 bits per heavy atom. The highest BCUT2D eigenvalue weighted by Crippen LogP contribution is 2.19. The standard InChI is InChI=1S/C16H33N3O/c1-5-18-9-10-20-15(12-18)13-19-8-6-7-14(19)11-17-16(2,3)4/h14-15,17H,5-13H2,1-4H3. The van der Waals surface area contributed by atoms with E-state index in [0.717, 1.165) is 39.3 Å². The zero-order valence-corrected chi connectivity index (χ0v) is 13.8. The van der Waals surface area contributed by atoms with E-state index < -0.39 is 0 Å². The van der Waals surface area contributed by atoms with Crippen molar-refractivity contribution >= 4 is 0 Å². The molecule has 2 aliphatic rings. The molecule has 118 valence electrons.